The molecule has 124 valence electrons. The minimum Gasteiger partial charge on any atom is -0.349 e. The van der Waals surface area contributed by atoms with Crippen molar-refractivity contribution in [1.29, 1.82) is 0 Å². The van der Waals surface area contributed by atoms with Crippen molar-refractivity contribution >= 4 is 39.2 Å². The molecule has 2 unspecified atom stereocenters. The van der Waals surface area contributed by atoms with E-state index >= 15 is 0 Å². The van der Waals surface area contributed by atoms with Crippen molar-refractivity contribution in [2.75, 3.05) is 0 Å². The van der Waals surface area contributed by atoms with Gasteiger partial charge in [0, 0.05) is 0 Å². The monoisotopic (exact) mass is 360 g/mol. The van der Waals surface area contributed by atoms with Crippen LogP contribution in [0.5, 0.6) is 0 Å². The molecule has 3 aromatic rings. The van der Waals surface area contributed by atoms with Crippen LogP contribution in [0.15, 0.2) is 52.9 Å². The quantitative estimate of drug-likeness (QED) is 0.665. The molecule has 1 heterocycles. The molecule has 0 fully saturated rings. The van der Waals surface area contributed by atoms with Crippen molar-refractivity contribution in [3.8, 4) is 0 Å². The van der Waals surface area contributed by atoms with Crippen molar-refractivity contribution in [3.05, 3.63) is 59.9 Å². The number of benzene rings is 2. The number of fused-ring (bicyclic) bond motifs is 1. The fourth-order valence-corrected chi connectivity index (χ4v) is 4.49. The van der Waals surface area contributed by atoms with Crippen molar-refractivity contribution in [2.45, 2.75) is 29.5 Å². The molecule has 0 saturated heterocycles. The number of nitrogens with zero attached hydrogens (tertiary/aromatic N) is 1. The van der Waals surface area contributed by atoms with E-state index < -0.39 is 0 Å². The smallest absolute Gasteiger partial charge is 0.233 e. The summed E-state index contributed by atoms with van der Waals surface area (Å²) >= 11 is 3.04. The topological polar surface area (TPSA) is 42.0 Å². The van der Waals surface area contributed by atoms with Gasteiger partial charge in [-0.05, 0) is 43.7 Å². The molecular weight excluding hydrogens is 343 g/mol. The fraction of sp³-hybridized carbons (Fsp3) is 0.222. The van der Waals surface area contributed by atoms with E-state index in [-0.39, 0.29) is 23.0 Å². The Morgan fingerprint density at radius 2 is 1.88 bits per heavy atom. The summed E-state index contributed by atoms with van der Waals surface area (Å²) in [6, 6.07) is 13.9. The molecule has 3 rings (SSSR count). The number of amides is 1. The Morgan fingerprint density at radius 3 is 2.58 bits per heavy atom. The second kappa shape index (κ2) is 7.32. The molecule has 2 atom stereocenters. The van der Waals surface area contributed by atoms with Crippen LogP contribution in [0.4, 0.5) is 4.39 Å². The molecule has 0 bridgehead atoms. The second-order valence-corrected chi connectivity index (χ2v) is 8.11. The third-order valence-corrected chi connectivity index (χ3v) is 5.88. The van der Waals surface area contributed by atoms with Crippen molar-refractivity contribution < 1.29 is 9.18 Å². The molecule has 0 aliphatic rings. The first-order chi connectivity index (χ1) is 11.5. The number of carbonyl (C=O) groups is 1. The number of thiazole rings is 1. The van der Waals surface area contributed by atoms with E-state index in [0.717, 1.165) is 20.1 Å². The summed E-state index contributed by atoms with van der Waals surface area (Å²) in [5.74, 6) is -0.340. The maximum Gasteiger partial charge on any atom is 0.233 e. The number of hydrogen-bond acceptors (Lipinski definition) is 4. The van der Waals surface area contributed by atoms with Crippen LogP contribution in [0.3, 0.4) is 0 Å². The Kier molecular flexibility index (Phi) is 5.16. The average molecular weight is 360 g/mol. The second-order valence-electron chi connectivity index (χ2n) is 5.49. The summed E-state index contributed by atoms with van der Waals surface area (Å²) < 4.78 is 15.0. The summed E-state index contributed by atoms with van der Waals surface area (Å²) in [5.41, 5.74) is 1.83. The largest absolute Gasteiger partial charge is 0.349 e. The first kappa shape index (κ1) is 16.9. The minimum atomic E-state index is -0.281. The molecule has 0 aliphatic carbocycles. The Hall–Kier alpha value is -1.92. The third-order valence-electron chi connectivity index (χ3n) is 3.65. The number of aromatic nitrogens is 1. The van der Waals surface area contributed by atoms with Crippen molar-refractivity contribution in [3.63, 3.8) is 0 Å². The van der Waals surface area contributed by atoms with Crippen molar-refractivity contribution in [1.82, 2.24) is 10.3 Å². The van der Waals surface area contributed by atoms with E-state index in [4.69, 9.17) is 0 Å². The molecule has 0 spiro atoms. The predicted octanol–water partition coefficient (Wildman–Crippen LogP) is 4.79. The Labute approximate surface area is 148 Å². The van der Waals surface area contributed by atoms with Gasteiger partial charge in [-0.3, -0.25) is 4.79 Å². The van der Waals surface area contributed by atoms with Crippen LogP contribution in [-0.4, -0.2) is 16.1 Å². The molecular formula is C18H17FN2OS2. The van der Waals surface area contributed by atoms with Gasteiger partial charge in [-0.15, -0.1) is 11.3 Å². The van der Waals surface area contributed by atoms with Crippen LogP contribution in [-0.2, 0) is 4.79 Å². The maximum absolute atomic E-state index is 13.0. The maximum atomic E-state index is 13.0. The van der Waals surface area contributed by atoms with Crippen molar-refractivity contribution in [2.24, 2.45) is 0 Å². The highest BCUT2D eigenvalue weighted by Gasteiger charge is 2.19. The zero-order chi connectivity index (χ0) is 17.1. The molecule has 0 radical (unpaired) electrons. The third kappa shape index (κ3) is 3.94. The zero-order valence-electron chi connectivity index (χ0n) is 13.3. The lowest BCUT2D eigenvalue weighted by molar-refractivity contribution is -0.120. The summed E-state index contributed by atoms with van der Waals surface area (Å²) in [5, 5.41) is 2.71. The van der Waals surface area contributed by atoms with E-state index in [1.807, 2.05) is 38.1 Å². The number of para-hydroxylation sites is 1. The molecule has 3 nitrogen and oxygen atoms in total. The number of halogens is 1. The van der Waals surface area contributed by atoms with Gasteiger partial charge in [-0.2, -0.15) is 0 Å². The van der Waals surface area contributed by atoms with Crippen LogP contribution in [0.2, 0.25) is 0 Å². The van der Waals surface area contributed by atoms with Gasteiger partial charge in [0.2, 0.25) is 5.91 Å². The van der Waals surface area contributed by atoms with E-state index in [1.165, 1.54) is 23.9 Å². The van der Waals surface area contributed by atoms with Crippen LogP contribution in [0, 0.1) is 5.82 Å². The molecule has 1 N–H and O–H groups in total. The van der Waals surface area contributed by atoms with Gasteiger partial charge in [0.1, 0.15) is 5.82 Å². The van der Waals surface area contributed by atoms with Crippen LogP contribution in [0.25, 0.3) is 10.2 Å². The van der Waals surface area contributed by atoms with Gasteiger partial charge in [-0.1, -0.05) is 36.0 Å². The fourth-order valence-electron chi connectivity index (χ4n) is 2.27. The molecule has 1 aromatic heterocycles. The van der Waals surface area contributed by atoms with E-state index in [9.17, 15) is 9.18 Å². The van der Waals surface area contributed by atoms with Gasteiger partial charge in [0.05, 0.1) is 21.5 Å². The highest BCUT2D eigenvalue weighted by Crippen LogP contribution is 2.32. The number of nitrogens with one attached hydrogen (secondary N) is 1. The van der Waals surface area contributed by atoms with Gasteiger partial charge in [-0.25, -0.2) is 9.37 Å². The first-order valence-electron chi connectivity index (χ1n) is 7.61. The normalized spacial score (nSPS) is 13.6. The van der Waals surface area contributed by atoms with E-state index in [1.54, 1.807) is 23.5 Å². The summed E-state index contributed by atoms with van der Waals surface area (Å²) in [6.07, 6.45) is 0. The van der Waals surface area contributed by atoms with Crippen LogP contribution in [0.1, 0.15) is 25.5 Å². The molecule has 1 amide bonds. The number of rotatable bonds is 5. The Bertz CT molecular complexity index is 815. The first-order valence-corrected chi connectivity index (χ1v) is 9.30. The number of hydrogen-bond donors (Lipinski definition) is 1. The highest BCUT2D eigenvalue weighted by molar-refractivity contribution is 8.02. The SMILES string of the molecule is CC(Sc1nc2ccccc2s1)C(=O)NC(C)c1ccc(F)cc1. The lowest BCUT2D eigenvalue weighted by atomic mass is 10.1. The zero-order valence-corrected chi connectivity index (χ0v) is 15.0. The predicted molar refractivity (Wildman–Crippen MR) is 97.9 cm³/mol. The summed E-state index contributed by atoms with van der Waals surface area (Å²) in [4.78, 5) is 16.9. The summed E-state index contributed by atoms with van der Waals surface area (Å²) in [7, 11) is 0. The summed E-state index contributed by atoms with van der Waals surface area (Å²) in [6.45, 7) is 3.75. The Balaban J connectivity index is 1.62. The van der Waals surface area contributed by atoms with Gasteiger partial charge >= 0.3 is 0 Å². The standard InChI is InChI=1S/C18H17FN2OS2/c1-11(13-7-9-14(19)10-8-13)20-17(22)12(2)23-18-21-15-5-3-4-6-16(15)24-18/h3-12H,1-2H3,(H,20,22). The number of carbonyl (C=O) groups excluding carboxylic acids is 1. The Morgan fingerprint density at radius 1 is 1.17 bits per heavy atom. The molecule has 0 aliphatic heterocycles. The van der Waals surface area contributed by atoms with Gasteiger partial charge in [0.25, 0.3) is 0 Å². The molecule has 2 aromatic carbocycles. The lowest BCUT2D eigenvalue weighted by Crippen LogP contribution is -2.33. The van der Waals surface area contributed by atoms with Gasteiger partial charge < -0.3 is 5.32 Å². The van der Waals surface area contributed by atoms with E-state index in [0.29, 0.717) is 0 Å². The van der Waals surface area contributed by atoms with Crippen LogP contribution >= 0.6 is 23.1 Å². The van der Waals surface area contributed by atoms with Gasteiger partial charge in [0.15, 0.2) is 4.34 Å². The lowest BCUT2D eigenvalue weighted by Gasteiger charge is -2.17. The van der Waals surface area contributed by atoms with Crippen LogP contribution < -0.4 is 5.32 Å². The molecule has 24 heavy (non-hydrogen) atoms. The molecule has 0 saturated carbocycles. The number of thioether (sulfide) groups is 1. The minimum absolute atomic E-state index is 0.0592. The van der Waals surface area contributed by atoms with E-state index in [2.05, 4.69) is 10.3 Å². The average Bonchev–Trinajstić information content (AvgIpc) is 2.97. The molecule has 6 heteroatoms. The highest BCUT2D eigenvalue weighted by atomic mass is 32.2.